The Morgan fingerprint density at radius 2 is 1.79 bits per heavy atom. The van der Waals surface area contributed by atoms with Crippen molar-refractivity contribution in [3.05, 3.63) is 58.6 Å². The quantitative estimate of drug-likeness (QED) is 0.660. The molecule has 0 atom stereocenters. The lowest BCUT2D eigenvalue weighted by Crippen LogP contribution is -2.48. The average Bonchev–Trinajstić information content (AvgIpc) is 2.73. The van der Waals surface area contributed by atoms with E-state index in [9.17, 15) is 13.2 Å². The molecule has 1 fully saturated rings. The molecular weight excluding hydrogens is 454 g/mol. The summed E-state index contributed by atoms with van der Waals surface area (Å²) in [5.74, 6) is -0.146. The molecule has 1 heterocycles. The van der Waals surface area contributed by atoms with Gasteiger partial charge in [0, 0.05) is 42.8 Å². The number of benzene rings is 2. The Hall–Kier alpha value is -1.74. The molecule has 1 aliphatic rings. The second-order valence-corrected chi connectivity index (χ2v) is 9.80. The summed E-state index contributed by atoms with van der Waals surface area (Å²) in [5, 5.41) is 2.82. The average molecular weight is 480 g/mol. The van der Waals surface area contributed by atoms with Gasteiger partial charge in [0.1, 0.15) is 0 Å². The van der Waals surface area contributed by atoms with E-state index in [1.807, 2.05) is 24.3 Å². The van der Waals surface area contributed by atoms with Crippen LogP contribution in [0.15, 0.2) is 57.9 Å². The van der Waals surface area contributed by atoms with Gasteiger partial charge in [-0.3, -0.25) is 4.79 Å². The van der Waals surface area contributed by atoms with Crippen molar-refractivity contribution < 1.29 is 13.2 Å². The number of likely N-dealkylation sites (N-methyl/N-ethyl adjacent to an activating group) is 1. The van der Waals surface area contributed by atoms with Gasteiger partial charge in [-0.1, -0.05) is 47.1 Å². The first-order valence-electron chi connectivity index (χ1n) is 9.76. The monoisotopic (exact) mass is 479 g/mol. The van der Waals surface area contributed by atoms with E-state index in [-0.39, 0.29) is 10.8 Å². The van der Waals surface area contributed by atoms with Crippen LogP contribution < -0.4 is 5.32 Å². The summed E-state index contributed by atoms with van der Waals surface area (Å²) < 4.78 is 28.4. The van der Waals surface area contributed by atoms with Gasteiger partial charge in [0.15, 0.2) is 0 Å². The molecule has 1 amide bonds. The first-order valence-corrected chi connectivity index (χ1v) is 12.0. The number of carbonyl (C=O) groups is 1. The van der Waals surface area contributed by atoms with Gasteiger partial charge in [0.05, 0.1) is 4.90 Å². The van der Waals surface area contributed by atoms with Gasteiger partial charge in [0.2, 0.25) is 15.9 Å². The van der Waals surface area contributed by atoms with E-state index in [2.05, 4.69) is 33.1 Å². The van der Waals surface area contributed by atoms with Crippen LogP contribution in [0.3, 0.4) is 0 Å². The van der Waals surface area contributed by atoms with Crippen molar-refractivity contribution in [2.45, 2.75) is 24.7 Å². The Morgan fingerprint density at radius 3 is 2.48 bits per heavy atom. The molecule has 2 aromatic rings. The fraction of sp³-hybridized carbons (Fsp3) is 0.381. The summed E-state index contributed by atoms with van der Waals surface area (Å²) in [5.41, 5.74) is 1.56. The minimum absolute atomic E-state index is 0.146. The molecule has 0 bridgehead atoms. The number of carbonyl (C=O) groups excluding carboxylic acids is 1. The second kappa shape index (κ2) is 9.84. The SMILES string of the molecule is CCN1CCN(S(=O)(=O)c2cccc(NC(=O)CCc3ccccc3Br)c2)CC1. The van der Waals surface area contributed by atoms with Crippen molar-refractivity contribution in [1.82, 2.24) is 9.21 Å². The predicted molar refractivity (Wildman–Crippen MR) is 118 cm³/mol. The lowest BCUT2D eigenvalue weighted by atomic mass is 10.1. The fourth-order valence-electron chi connectivity index (χ4n) is 3.34. The minimum Gasteiger partial charge on any atom is -0.326 e. The number of nitrogens with zero attached hydrogens (tertiary/aromatic N) is 2. The molecule has 0 unspecified atom stereocenters. The lowest BCUT2D eigenvalue weighted by Gasteiger charge is -2.33. The third-order valence-corrected chi connectivity index (χ3v) is 7.78. The molecule has 0 spiro atoms. The number of nitrogens with one attached hydrogen (secondary N) is 1. The zero-order valence-electron chi connectivity index (χ0n) is 16.5. The van der Waals surface area contributed by atoms with Crippen molar-refractivity contribution >= 4 is 37.5 Å². The van der Waals surface area contributed by atoms with Crippen LogP contribution in [-0.4, -0.2) is 56.3 Å². The van der Waals surface area contributed by atoms with Gasteiger partial charge in [0.25, 0.3) is 0 Å². The van der Waals surface area contributed by atoms with Crippen LogP contribution in [0.5, 0.6) is 0 Å². The number of halogens is 1. The summed E-state index contributed by atoms with van der Waals surface area (Å²) in [7, 11) is -3.56. The Morgan fingerprint density at radius 1 is 1.07 bits per heavy atom. The maximum atomic E-state index is 13.0. The van der Waals surface area contributed by atoms with E-state index in [1.54, 1.807) is 18.2 Å². The van der Waals surface area contributed by atoms with Gasteiger partial charge in [-0.25, -0.2) is 8.42 Å². The normalized spacial score (nSPS) is 15.9. The van der Waals surface area contributed by atoms with Crippen molar-refractivity contribution in [3.8, 4) is 0 Å². The number of anilines is 1. The van der Waals surface area contributed by atoms with Crippen LogP contribution in [0.1, 0.15) is 18.9 Å². The number of hydrogen-bond donors (Lipinski definition) is 1. The fourth-order valence-corrected chi connectivity index (χ4v) is 5.29. The number of piperazine rings is 1. The minimum atomic E-state index is -3.56. The lowest BCUT2D eigenvalue weighted by molar-refractivity contribution is -0.116. The Labute approximate surface area is 181 Å². The molecule has 1 N–H and O–H groups in total. The van der Waals surface area contributed by atoms with Crippen LogP contribution in [0.25, 0.3) is 0 Å². The number of aryl methyl sites for hydroxylation is 1. The van der Waals surface area contributed by atoms with Crippen molar-refractivity contribution in [3.63, 3.8) is 0 Å². The summed E-state index contributed by atoms with van der Waals surface area (Å²) in [6.45, 7) is 5.45. The zero-order valence-corrected chi connectivity index (χ0v) is 18.9. The van der Waals surface area contributed by atoms with Gasteiger partial charge >= 0.3 is 0 Å². The topological polar surface area (TPSA) is 69.7 Å². The van der Waals surface area contributed by atoms with Crippen LogP contribution in [0.2, 0.25) is 0 Å². The Balaban J connectivity index is 1.63. The number of sulfonamides is 1. The van der Waals surface area contributed by atoms with Crippen molar-refractivity contribution in [2.75, 3.05) is 38.0 Å². The molecule has 8 heteroatoms. The molecule has 0 aliphatic carbocycles. The number of amides is 1. The molecular formula is C21H26BrN3O3S. The zero-order chi connectivity index (χ0) is 20.9. The Kier molecular flexibility index (Phi) is 7.45. The molecule has 0 saturated carbocycles. The maximum Gasteiger partial charge on any atom is 0.243 e. The Bertz CT molecular complexity index is 957. The maximum absolute atomic E-state index is 13.0. The van der Waals surface area contributed by atoms with Crippen LogP contribution in [-0.2, 0) is 21.2 Å². The van der Waals surface area contributed by atoms with E-state index < -0.39 is 10.0 Å². The van der Waals surface area contributed by atoms with Crippen molar-refractivity contribution in [1.29, 1.82) is 0 Å². The highest BCUT2D eigenvalue weighted by molar-refractivity contribution is 9.10. The summed E-state index contributed by atoms with van der Waals surface area (Å²) in [6, 6.07) is 14.3. The predicted octanol–water partition coefficient (Wildman–Crippen LogP) is 3.35. The molecule has 6 nitrogen and oxygen atoms in total. The molecule has 0 aromatic heterocycles. The van der Waals surface area contributed by atoms with Gasteiger partial charge in [-0.05, 0) is 42.8 Å². The van der Waals surface area contributed by atoms with E-state index in [0.717, 1.165) is 29.7 Å². The number of hydrogen-bond acceptors (Lipinski definition) is 4. The first-order chi connectivity index (χ1) is 13.9. The van der Waals surface area contributed by atoms with Crippen LogP contribution in [0.4, 0.5) is 5.69 Å². The molecule has 156 valence electrons. The standard InChI is InChI=1S/C21H26BrN3O3S/c1-2-24-12-14-25(15-13-24)29(27,28)19-8-5-7-18(16-19)23-21(26)11-10-17-6-3-4-9-20(17)22/h3-9,16H,2,10-15H2,1H3,(H,23,26). The van der Waals surface area contributed by atoms with E-state index >= 15 is 0 Å². The largest absolute Gasteiger partial charge is 0.326 e. The van der Waals surface area contributed by atoms with Gasteiger partial charge in [-0.2, -0.15) is 4.31 Å². The van der Waals surface area contributed by atoms with E-state index in [1.165, 1.54) is 10.4 Å². The van der Waals surface area contributed by atoms with Crippen molar-refractivity contribution in [2.24, 2.45) is 0 Å². The molecule has 0 radical (unpaired) electrons. The van der Waals surface area contributed by atoms with Gasteiger partial charge in [-0.15, -0.1) is 0 Å². The second-order valence-electron chi connectivity index (χ2n) is 7.01. The third kappa shape index (κ3) is 5.66. The van der Waals surface area contributed by atoms with Crippen LogP contribution >= 0.6 is 15.9 Å². The smallest absolute Gasteiger partial charge is 0.243 e. The molecule has 1 saturated heterocycles. The first kappa shape index (κ1) is 22.0. The van der Waals surface area contributed by atoms with E-state index in [0.29, 0.717) is 31.6 Å². The third-order valence-electron chi connectivity index (χ3n) is 5.11. The molecule has 2 aromatic carbocycles. The van der Waals surface area contributed by atoms with E-state index in [4.69, 9.17) is 0 Å². The number of rotatable bonds is 7. The van der Waals surface area contributed by atoms with Crippen LogP contribution in [0, 0.1) is 0 Å². The summed E-state index contributed by atoms with van der Waals surface area (Å²) in [4.78, 5) is 14.8. The highest BCUT2D eigenvalue weighted by Crippen LogP contribution is 2.22. The molecule has 3 rings (SSSR count). The summed E-state index contributed by atoms with van der Waals surface area (Å²) >= 11 is 3.48. The molecule has 1 aliphatic heterocycles. The molecule has 29 heavy (non-hydrogen) atoms. The van der Waals surface area contributed by atoms with Gasteiger partial charge < -0.3 is 10.2 Å². The highest BCUT2D eigenvalue weighted by atomic mass is 79.9. The summed E-state index contributed by atoms with van der Waals surface area (Å²) in [6.07, 6.45) is 0.922. The highest BCUT2D eigenvalue weighted by Gasteiger charge is 2.28.